The Hall–Kier alpha value is -1.16. The molecule has 86 valence electrons. The van der Waals surface area contributed by atoms with Gasteiger partial charge in [0.05, 0.1) is 10.2 Å². The van der Waals surface area contributed by atoms with Crippen LogP contribution in [0.5, 0.6) is 0 Å². The Morgan fingerprint density at radius 3 is 2.88 bits per heavy atom. The summed E-state index contributed by atoms with van der Waals surface area (Å²) in [6.45, 7) is 6.37. The Morgan fingerprint density at radius 1 is 1.44 bits per heavy atom. The standard InChI is InChI=1S/C12H15FN2S/c1-4-12(2,3)15-11-14-9-7-8(13)5-6-10(9)16-11/h5-7H,4H2,1-3H3,(H,14,15). The lowest BCUT2D eigenvalue weighted by Gasteiger charge is -2.23. The minimum absolute atomic E-state index is 0.0203. The molecule has 1 N–H and O–H groups in total. The first kappa shape index (κ1) is 11.3. The number of benzene rings is 1. The Balaban J connectivity index is 2.33. The van der Waals surface area contributed by atoms with Gasteiger partial charge in [0.25, 0.3) is 0 Å². The molecule has 2 rings (SSSR count). The highest BCUT2D eigenvalue weighted by Gasteiger charge is 2.16. The van der Waals surface area contributed by atoms with Crippen LogP contribution < -0.4 is 5.32 Å². The summed E-state index contributed by atoms with van der Waals surface area (Å²) in [5, 5.41) is 4.22. The summed E-state index contributed by atoms with van der Waals surface area (Å²) in [5.41, 5.74) is 0.742. The maximum atomic E-state index is 13.0. The molecule has 1 aromatic heterocycles. The van der Waals surface area contributed by atoms with E-state index < -0.39 is 0 Å². The van der Waals surface area contributed by atoms with Crippen LogP contribution in [-0.4, -0.2) is 10.5 Å². The summed E-state index contributed by atoms with van der Waals surface area (Å²) >= 11 is 1.56. The van der Waals surface area contributed by atoms with E-state index in [9.17, 15) is 4.39 Å². The summed E-state index contributed by atoms with van der Waals surface area (Å²) in [6, 6.07) is 4.71. The van der Waals surface area contributed by atoms with Crippen molar-refractivity contribution in [2.45, 2.75) is 32.7 Å². The Bertz CT molecular complexity index is 505. The van der Waals surface area contributed by atoms with Crippen molar-refractivity contribution >= 4 is 26.7 Å². The molecule has 0 unspecified atom stereocenters. The SMILES string of the molecule is CCC(C)(C)Nc1nc2cc(F)ccc2s1. The fraction of sp³-hybridized carbons (Fsp3) is 0.417. The lowest BCUT2D eigenvalue weighted by molar-refractivity contribution is 0.547. The first-order chi connectivity index (χ1) is 7.50. The van der Waals surface area contributed by atoms with E-state index in [0.29, 0.717) is 0 Å². The number of halogens is 1. The third-order valence-electron chi connectivity index (χ3n) is 2.68. The van der Waals surface area contributed by atoms with E-state index in [1.165, 1.54) is 12.1 Å². The second kappa shape index (κ2) is 4.01. The zero-order chi connectivity index (χ0) is 11.8. The van der Waals surface area contributed by atoms with Crippen molar-refractivity contribution in [2.24, 2.45) is 0 Å². The first-order valence-corrected chi connectivity index (χ1v) is 6.16. The summed E-state index contributed by atoms with van der Waals surface area (Å²) in [7, 11) is 0. The highest BCUT2D eigenvalue weighted by atomic mass is 32.1. The number of anilines is 1. The monoisotopic (exact) mass is 238 g/mol. The highest BCUT2D eigenvalue weighted by molar-refractivity contribution is 7.22. The number of hydrogen-bond donors (Lipinski definition) is 1. The topological polar surface area (TPSA) is 24.9 Å². The van der Waals surface area contributed by atoms with Gasteiger partial charge in [-0.2, -0.15) is 0 Å². The van der Waals surface area contributed by atoms with Crippen molar-refractivity contribution in [1.82, 2.24) is 4.98 Å². The highest BCUT2D eigenvalue weighted by Crippen LogP contribution is 2.28. The van der Waals surface area contributed by atoms with E-state index >= 15 is 0 Å². The second-order valence-electron chi connectivity index (χ2n) is 4.49. The van der Waals surface area contributed by atoms with Crippen molar-refractivity contribution in [3.8, 4) is 0 Å². The maximum Gasteiger partial charge on any atom is 0.184 e. The molecule has 4 heteroatoms. The zero-order valence-electron chi connectivity index (χ0n) is 9.67. The van der Waals surface area contributed by atoms with Crippen molar-refractivity contribution < 1.29 is 4.39 Å². The van der Waals surface area contributed by atoms with Crippen molar-refractivity contribution in [2.75, 3.05) is 5.32 Å². The summed E-state index contributed by atoms with van der Waals surface area (Å²) in [6.07, 6.45) is 1.01. The quantitative estimate of drug-likeness (QED) is 0.873. The number of rotatable bonds is 3. The average molecular weight is 238 g/mol. The molecular weight excluding hydrogens is 223 g/mol. The second-order valence-corrected chi connectivity index (χ2v) is 5.52. The van der Waals surface area contributed by atoms with Crippen LogP contribution in [0.4, 0.5) is 9.52 Å². The Labute approximate surface area is 98.5 Å². The third-order valence-corrected chi connectivity index (χ3v) is 3.63. The van der Waals surface area contributed by atoms with Crippen molar-refractivity contribution in [1.29, 1.82) is 0 Å². The smallest absolute Gasteiger partial charge is 0.184 e. The first-order valence-electron chi connectivity index (χ1n) is 5.34. The molecule has 1 heterocycles. The molecule has 0 saturated carbocycles. The molecule has 0 radical (unpaired) electrons. The van der Waals surface area contributed by atoms with Crippen LogP contribution in [0.3, 0.4) is 0 Å². The van der Waals surface area contributed by atoms with Crippen LogP contribution in [0.25, 0.3) is 10.2 Å². The van der Waals surface area contributed by atoms with Crippen LogP contribution in [0.2, 0.25) is 0 Å². The van der Waals surface area contributed by atoms with Gasteiger partial charge in [-0.05, 0) is 32.4 Å². The number of nitrogens with zero attached hydrogens (tertiary/aromatic N) is 1. The van der Waals surface area contributed by atoms with Crippen LogP contribution >= 0.6 is 11.3 Å². The number of thiazole rings is 1. The lowest BCUT2D eigenvalue weighted by atomic mass is 10.0. The third kappa shape index (κ3) is 2.32. The van der Waals surface area contributed by atoms with E-state index in [4.69, 9.17) is 0 Å². The van der Waals surface area contributed by atoms with Crippen molar-refractivity contribution in [3.63, 3.8) is 0 Å². The van der Waals surface area contributed by atoms with Gasteiger partial charge in [-0.1, -0.05) is 18.3 Å². The van der Waals surface area contributed by atoms with Gasteiger partial charge in [0, 0.05) is 11.6 Å². The molecule has 0 bridgehead atoms. The van der Waals surface area contributed by atoms with Crippen LogP contribution in [0, 0.1) is 5.82 Å². The molecule has 0 atom stereocenters. The summed E-state index contributed by atoms with van der Waals surface area (Å²) < 4.78 is 14.0. The molecule has 0 spiro atoms. The zero-order valence-corrected chi connectivity index (χ0v) is 10.5. The van der Waals surface area contributed by atoms with E-state index in [1.807, 2.05) is 0 Å². The van der Waals surface area contributed by atoms with Gasteiger partial charge in [-0.3, -0.25) is 0 Å². The molecule has 0 aliphatic heterocycles. The predicted molar refractivity (Wildman–Crippen MR) is 67.6 cm³/mol. The fourth-order valence-electron chi connectivity index (χ4n) is 1.33. The molecule has 2 aromatic rings. The average Bonchev–Trinajstić information content (AvgIpc) is 2.58. The molecule has 1 aromatic carbocycles. The van der Waals surface area contributed by atoms with Crippen LogP contribution in [-0.2, 0) is 0 Å². The number of hydrogen-bond acceptors (Lipinski definition) is 3. The van der Waals surface area contributed by atoms with Crippen molar-refractivity contribution in [3.05, 3.63) is 24.0 Å². The fourth-order valence-corrected chi connectivity index (χ4v) is 2.36. The van der Waals surface area contributed by atoms with Gasteiger partial charge in [0.15, 0.2) is 5.13 Å². The van der Waals surface area contributed by atoms with Crippen LogP contribution in [0.15, 0.2) is 18.2 Å². The minimum atomic E-state index is -0.237. The van der Waals surface area contributed by atoms with Gasteiger partial charge in [-0.15, -0.1) is 0 Å². The van der Waals surface area contributed by atoms with Gasteiger partial charge in [0.2, 0.25) is 0 Å². The van der Waals surface area contributed by atoms with Crippen LogP contribution in [0.1, 0.15) is 27.2 Å². The Kier molecular flexibility index (Phi) is 2.84. The maximum absolute atomic E-state index is 13.0. The molecular formula is C12H15FN2S. The van der Waals surface area contributed by atoms with E-state index in [0.717, 1.165) is 21.8 Å². The van der Waals surface area contributed by atoms with E-state index in [2.05, 4.69) is 31.1 Å². The number of fused-ring (bicyclic) bond motifs is 1. The molecule has 0 fully saturated rings. The molecule has 0 aliphatic carbocycles. The summed E-state index contributed by atoms with van der Waals surface area (Å²) in [5.74, 6) is -0.237. The molecule has 0 amide bonds. The lowest BCUT2D eigenvalue weighted by Crippen LogP contribution is -2.29. The number of aromatic nitrogens is 1. The Morgan fingerprint density at radius 2 is 2.19 bits per heavy atom. The molecule has 0 saturated heterocycles. The predicted octanol–water partition coefficient (Wildman–Crippen LogP) is 4.04. The van der Waals surface area contributed by atoms with E-state index in [1.54, 1.807) is 17.4 Å². The minimum Gasteiger partial charge on any atom is -0.357 e. The normalized spacial score (nSPS) is 12.0. The molecule has 2 nitrogen and oxygen atoms in total. The number of nitrogens with one attached hydrogen (secondary N) is 1. The largest absolute Gasteiger partial charge is 0.357 e. The molecule has 0 aliphatic rings. The van der Waals surface area contributed by atoms with Gasteiger partial charge in [0.1, 0.15) is 5.82 Å². The van der Waals surface area contributed by atoms with E-state index in [-0.39, 0.29) is 11.4 Å². The van der Waals surface area contributed by atoms with Gasteiger partial charge >= 0.3 is 0 Å². The summed E-state index contributed by atoms with van der Waals surface area (Å²) in [4.78, 5) is 4.37. The van der Waals surface area contributed by atoms with Gasteiger partial charge < -0.3 is 5.32 Å². The van der Waals surface area contributed by atoms with Gasteiger partial charge in [-0.25, -0.2) is 9.37 Å². The molecule has 16 heavy (non-hydrogen) atoms.